The Morgan fingerprint density at radius 1 is 0.529 bits per heavy atom. The second-order valence-electron chi connectivity index (χ2n) is 15.3. The lowest BCUT2D eigenvalue weighted by Gasteiger charge is -2.10. The van der Waals surface area contributed by atoms with Crippen LogP contribution in [0.3, 0.4) is 0 Å². The van der Waals surface area contributed by atoms with E-state index in [4.69, 9.17) is 0 Å². The molecule has 4 N–H and O–H groups in total. The Hall–Kier alpha value is -9.92. The van der Waals surface area contributed by atoms with Crippen LogP contribution in [0, 0.1) is 22.7 Å². The van der Waals surface area contributed by atoms with Gasteiger partial charge in [0.15, 0.2) is 11.6 Å². The van der Waals surface area contributed by atoms with Crippen molar-refractivity contribution in [3.05, 3.63) is 203 Å². The first-order valence-corrected chi connectivity index (χ1v) is 20.9. The number of aromatic nitrogens is 2. The number of nitrogens with zero attached hydrogens (tertiary/aromatic N) is 4. The number of fused-ring (bicyclic) bond motifs is 5. The van der Waals surface area contributed by atoms with E-state index < -0.39 is 23.8 Å². The van der Waals surface area contributed by atoms with Gasteiger partial charge in [0.05, 0.1) is 16.9 Å². The topological polar surface area (TPSA) is 224 Å². The lowest BCUT2D eigenvalue weighted by atomic mass is 10.0. The van der Waals surface area contributed by atoms with Crippen LogP contribution < -0.4 is 10.6 Å². The molecule has 68 heavy (non-hydrogen) atoms. The van der Waals surface area contributed by atoms with Crippen molar-refractivity contribution in [1.29, 1.82) is 10.5 Å². The Balaban J connectivity index is 0.000000184. The average Bonchev–Trinajstić information content (AvgIpc) is 3.98. The number of nitriles is 2. The van der Waals surface area contributed by atoms with Gasteiger partial charge in [-0.15, -0.1) is 0 Å². The normalized spacial score (nSPS) is 11.6. The van der Waals surface area contributed by atoms with E-state index in [9.17, 15) is 49.5 Å². The van der Waals surface area contributed by atoms with Crippen molar-refractivity contribution in [3.63, 3.8) is 0 Å². The smallest absolute Gasteiger partial charge is 0.323 e. The van der Waals surface area contributed by atoms with Gasteiger partial charge in [-0.3, -0.25) is 28.8 Å². The number of ketones is 2. The molecule has 0 atom stereocenters. The Kier molecular flexibility index (Phi) is 12.8. The number of amides is 2. The lowest BCUT2D eigenvalue weighted by molar-refractivity contribution is -0.138. The van der Waals surface area contributed by atoms with Crippen molar-refractivity contribution < 1.29 is 39.0 Å². The molecule has 0 aliphatic heterocycles. The number of anilines is 2. The number of carboxylic acid groups (broad SMARTS) is 2. The van der Waals surface area contributed by atoms with Gasteiger partial charge in [0, 0.05) is 62.0 Å². The maximum absolute atomic E-state index is 13.0. The molecule has 330 valence electrons. The third-order valence-electron chi connectivity index (χ3n) is 11.0. The Labute approximate surface area is 387 Å². The first kappa shape index (κ1) is 44.7. The molecular weight excluding hydrogens is 861 g/mol. The minimum atomic E-state index is -1.01. The van der Waals surface area contributed by atoms with E-state index in [1.807, 2.05) is 36.4 Å². The number of benzene rings is 6. The van der Waals surface area contributed by atoms with Crippen molar-refractivity contribution in [2.75, 3.05) is 10.6 Å². The van der Waals surface area contributed by atoms with Crippen LogP contribution in [0.1, 0.15) is 43.0 Å². The quantitative estimate of drug-likeness (QED) is 0.0517. The first-order valence-electron chi connectivity index (χ1n) is 20.9. The standard InChI is InChI=1S/C27H17N3O4.C27H19N3O4/c28-13-16(12-17-14-30(15-24(31)32)23-11-4-3-6-18(17)23)27(34)29-22-10-5-9-20-19-7-1-2-8-21(19)26(33)25(20)22;28-15-19(14-20-16-30(17-25(31)32)24-13-7-5-10-21(20)24)27(34)29-23-12-6-4-11-22(23)26(33)18-8-2-1-3-9-18/h1-12,14H,15H2,(H,29,34)(H,31,32);1-14,16H,17H2,(H,29,34)(H,31,32)/b16-12+;19-14+. The SMILES string of the molecule is N#C/C(=C\c1cn(CC(=O)O)c2ccccc12)C(=O)Nc1cccc2c1C(=O)c1ccccc1-2.N#C/C(=C\c1cn(CC(=O)O)c2ccccc12)C(=O)Nc1ccccc1C(=O)c1ccccc1. The minimum Gasteiger partial charge on any atom is -0.480 e. The summed E-state index contributed by atoms with van der Waals surface area (Å²) in [6.45, 7) is -0.501. The van der Waals surface area contributed by atoms with Gasteiger partial charge in [0.25, 0.3) is 11.8 Å². The predicted octanol–water partition coefficient (Wildman–Crippen LogP) is 8.99. The second kappa shape index (κ2) is 19.4. The molecule has 14 nitrogen and oxygen atoms in total. The predicted molar refractivity (Wildman–Crippen MR) is 255 cm³/mol. The largest absolute Gasteiger partial charge is 0.480 e. The maximum atomic E-state index is 13.0. The number of carboxylic acids is 2. The number of nitrogens with one attached hydrogen (secondary N) is 2. The highest BCUT2D eigenvalue weighted by molar-refractivity contribution is 6.26. The van der Waals surface area contributed by atoms with Crippen LogP contribution in [-0.4, -0.2) is 54.7 Å². The summed E-state index contributed by atoms with van der Waals surface area (Å²) in [6.07, 6.45) is 6.04. The molecule has 0 spiro atoms. The molecule has 1 aliphatic rings. The summed E-state index contributed by atoms with van der Waals surface area (Å²) < 4.78 is 3.10. The molecule has 0 unspecified atom stereocenters. The Morgan fingerprint density at radius 3 is 1.54 bits per heavy atom. The number of hydrogen-bond donors (Lipinski definition) is 4. The van der Waals surface area contributed by atoms with Crippen molar-refractivity contribution in [2.45, 2.75) is 13.1 Å². The molecule has 0 bridgehead atoms. The van der Waals surface area contributed by atoms with Crippen LogP contribution in [0.4, 0.5) is 11.4 Å². The number of carbonyl (C=O) groups excluding carboxylic acids is 4. The third-order valence-corrected chi connectivity index (χ3v) is 11.0. The van der Waals surface area contributed by atoms with Crippen LogP contribution in [0.2, 0.25) is 0 Å². The van der Waals surface area contributed by atoms with Gasteiger partial charge >= 0.3 is 11.9 Å². The number of carbonyl (C=O) groups is 6. The Bertz CT molecular complexity index is 3530. The molecule has 8 aromatic rings. The van der Waals surface area contributed by atoms with E-state index in [-0.39, 0.29) is 41.5 Å². The van der Waals surface area contributed by atoms with Crippen molar-refractivity contribution in [2.24, 2.45) is 0 Å². The molecule has 9 rings (SSSR count). The molecule has 0 saturated carbocycles. The summed E-state index contributed by atoms with van der Waals surface area (Å²) in [6, 6.07) is 45.9. The fraction of sp³-hybridized carbons (Fsp3) is 0.0370. The highest BCUT2D eigenvalue weighted by Crippen LogP contribution is 2.40. The number of hydrogen-bond acceptors (Lipinski definition) is 8. The zero-order chi connectivity index (χ0) is 47.9. The van der Waals surface area contributed by atoms with E-state index in [1.54, 1.807) is 143 Å². The molecular formula is C54H36N6O8. The van der Waals surface area contributed by atoms with E-state index in [0.717, 1.165) is 16.5 Å². The molecule has 2 amide bonds. The molecule has 14 heteroatoms. The zero-order valence-corrected chi connectivity index (χ0v) is 35.7. The number of rotatable bonds is 12. The van der Waals surface area contributed by atoms with Gasteiger partial charge in [-0.05, 0) is 53.6 Å². The molecule has 2 heterocycles. The summed E-state index contributed by atoms with van der Waals surface area (Å²) >= 11 is 0. The number of para-hydroxylation sites is 3. The van der Waals surface area contributed by atoms with Gasteiger partial charge in [-0.2, -0.15) is 10.5 Å². The average molecular weight is 897 g/mol. The van der Waals surface area contributed by atoms with Crippen LogP contribution in [0.5, 0.6) is 0 Å². The van der Waals surface area contributed by atoms with Crippen LogP contribution in [0.25, 0.3) is 45.1 Å². The third kappa shape index (κ3) is 9.19. The number of aliphatic carboxylic acids is 2. The summed E-state index contributed by atoms with van der Waals surface area (Å²) in [5, 5.41) is 44.6. The first-order chi connectivity index (χ1) is 32.9. The highest BCUT2D eigenvalue weighted by atomic mass is 16.4. The Morgan fingerprint density at radius 2 is 0.985 bits per heavy atom. The lowest BCUT2D eigenvalue weighted by Crippen LogP contribution is -2.16. The van der Waals surface area contributed by atoms with Gasteiger partial charge < -0.3 is 30.0 Å². The monoisotopic (exact) mass is 896 g/mol. The maximum Gasteiger partial charge on any atom is 0.323 e. The van der Waals surface area contributed by atoms with Crippen molar-refractivity contribution in [3.8, 4) is 23.3 Å². The summed E-state index contributed by atoms with van der Waals surface area (Å²) in [4.78, 5) is 74.4. The molecule has 2 aromatic heterocycles. The fourth-order valence-electron chi connectivity index (χ4n) is 8.03. The summed E-state index contributed by atoms with van der Waals surface area (Å²) in [5.74, 6) is -3.77. The minimum absolute atomic E-state index is 0.168. The molecule has 6 aromatic carbocycles. The van der Waals surface area contributed by atoms with E-state index >= 15 is 0 Å². The van der Waals surface area contributed by atoms with Gasteiger partial charge in [0.1, 0.15) is 36.4 Å². The molecule has 0 fully saturated rings. The van der Waals surface area contributed by atoms with Crippen molar-refractivity contribution >= 4 is 80.7 Å². The molecule has 0 radical (unpaired) electrons. The molecule has 0 saturated heterocycles. The molecule has 1 aliphatic carbocycles. The van der Waals surface area contributed by atoms with Crippen LogP contribution in [-0.2, 0) is 32.3 Å². The summed E-state index contributed by atoms with van der Waals surface area (Å²) in [5.41, 5.74) is 6.00. The van der Waals surface area contributed by atoms with Crippen LogP contribution >= 0.6 is 0 Å². The second-order valence-corrected chi connectivity index (χ2v) is 15.3. The van der Waals surface area contributed by atoms with Gasteiger partial charge in [0.2, 0.25) is 0 Å². The highest BCUT2D eigenvalue weighted by Gasteiger charge is 2.29. The van der Waals surface area contributed by atoms with E-state index in [0.29, 0.717) is 55.5 Å². The van der Waals surface area contributed by atoms with E-state index in [1.165, 1.54) is 12.2 Å². The van der Waals surface area contributed by atoms with E-state index in [2.05, 4.69) is 10.6 Å². The zero-order valence-electron chi connectivity index (χ0n) is 35.7. The van der Waals surface area contributed by atoms with Gasteiger partial charge in [-0.25, -0.2) is 0 Å². The van der Waals surface area contributed by atoms with Crippen molar-refractivity contribution in [1.82, 2.24) is 9.13 Å². The fourth-order valence-corrected chi connectivity index (χ4v) is 8.03. The summed E-state index contributed by atoms with van der Waals surface area (Å²) in [7, 11) is 0. The van der Waals surface area contributed by atoms with Gasteiger partial charge in [-0.1, -0.05) is 115 Å². The van der Waals surface area contributed by atoms with Crippen LogP contribution in [0.15, 0.2) is 169 Å².